The summed E-state index contributed by atoms with van der Waals surface area (Å²) in [4.78, 5) is 4.26. The number of phenolic OH excluding ortho intramolecular Hbond substituents is 1. The third-order valence-corrected chi connectivity index (χ3v) is 3.82. The second-order valence-corrected chi connectivity index (χ2v) is 6.68. The quantitative estimate of drug-likeness (QED) is 0.744. The van der Waals surface area contributed by atoms with Gasteiger partial charge in [0.2, 0.25) is 0 Å². The summed E-state index contributed by atoms with van der Waals surface area (Å²) in [5.41, 5.74) is 3.32. The van der Waals surface area contributed by atoms with Crippen molar-refractivity contribution in [2.75, 3.05) is 0 Å². The van der Waals surface area contributed by atoms with E-state index in [1.807, 2.05) is 42.5 Å². The lowest BCUT2D eigenvalue weighted by Crippen LogP contribution is -2.11. The predicted molar refractivity (Wildman–Crippen MR) is 90.3 cm³/mol. The van der Waals surface area contributed by atoms with E-state index in [9.17, 15) is 5.11 Å². The monoisotopic (exact) mass is 308 g/mol. The zero-order chi connectivity index (χ0) is 16.6. The molecular formula is C19H20N2O2. The van der Waals surface area contributed by atoms with Crippen LogP contribution in [0.15, 0.2) is 47.0 Å². The molecule has 0 bridgehead atoms. The Kier molecular flexibility index (Phi) is 3.68. The number of phenols is 1. The molecule has 23 heavy (non-hydrogen) atoms. The van der Waals surface area contributed by atoms with Crippen molar-refractivity contribution in [1.29, 1.82) is 0 Å². The van der Waals surface area contributed by atoms with Gasteiger partial charge in [-0.1, -0.05) is 56.3 Å². The van der Waals surface area contributed by atoms with Crippen LogP contribution in [0.25, 0.3) is 22.6 Å². The van der Waals surface area contributed by atoms with Crippen molar-refractivity contribution in [1.82, 2.24) is 10.1 Å². The molecule has 1 aromatic heterocycles. The Bertz CT molecular complexity index is 830. The number of aromatic hydroxyl groups is 1. The molecule has 3 aromatic rings. The van der Waals surface area contributed by atoms with E-state index in [0.29, 0.717) is 17.3 Å². The van der Waals surface area contributed by atoms with Crippen LogP contribution in [-0.2, 0) is 5.41 Å². The van der Waals surface area contributed by atoms with E-state index in [4.69, 9.17) is 4.52 Å². The minimum Gasteiger partial charge on any atom is -0.506 e. The molecule has 1 heterocycles. The van der Waals surface area contributed by atoms with Gasteiger partial charge in [0.05, 0.1) is 5.56 Å². The average molecular weight is 308 g/mol. The summed E-state index contributed by atoms with van der Waals surface area (Å²) in [6.45, 7) is 8.17. The first-order chi connectivity index (χ1) is 10.9. The average Bonchev–Trinajstić information content (AvgIpc) is 2.93. The molecule has 0 fully saturated rings. The van der Waals surface area contributed by atoms with Gasteiger partial charge in [0.25, 0.3) is 5.89 Å². The molecule has 0 unspecified atom stereocenters. The Hall–Kier alpha value is -2.62. The molecular weight excluding hydrogens is 288 g/mol. The second-order valence-electron chi connectivity index (χ2n) is 6.68. The van der Waals surface area contributed by atoms with E-state index in [2.05, 4.69) is 30.9 Å². The van der Waals surface area contributed by atoms with Crippen molar-refractivity contribution in [3.05, 3.63) is 53.9 Å². The highest BCUT2D eigenvalue weighted by Gasteiger charge is 2.22. The van der Waals surface area contributed by atoms with Crippen molar-refractivity contribution in [2.24, 2.45) is 0 Å². The molecule has 4 heteroatoms. The standard InChI is InChI=1S/C19H20N2O2/c1-12-20-18(23-21-12)16-11-14(19(2,3)4)10-15(17(16)22)13-8-6-5-7-9-13/h5-11,22H,1-4H3. The van der Waals surface area contributed by atoms with E-state index < -0.39 is 0 Å². The third kappa shape index (κ3) is 2.97. The maximum atomic E-state index is 10.8. The second kappa shape index (κ2) is 5.54. The Labute approximate surface area is 135 Å². The molecule has 0 saturated carbocycles. The fourth-order valence-electron chi connectivity index (χ4n) is 2.47. The number of hydrogen-bond acceptors (Lipinski definition) is 4. The highest BCUT2D eigenvalue weighted by atomic mass is 16.5. The van der Waals surface area contributed by atoms with Crippen molar-refractivity contribution in [3.63, 3.8) is 0 Å². The first kappa shape index (κ1) is 15.3. The first-order valence-electron chi connectivity index (χ1n) is 7.60. The van der Waals surface area contributed by atoms with Crippen LogP contribution in [0, 0.1) is 6.92 Å². The molecule has 2 aromatic carbocycles. The summed E-state index contributed by atoms with van der Waals surface area (Å²) >= 11 is 0. The summed E-state index contributed by atoms with van der Waals surface area (Å²) < 4.78 is 5.27. The van der Waals surface area contributed by atoms with E-state index in [1.54, 1.807) is 6.92 Å². The van der Waals surface area contributed by atoms with Gasteiger partial charge in [-0.05, 0) is 35.6 Å². The van der Waals surface area contributed by atoms with Gasteiger partial charge in [-0.15, -0.1) is 0 Å². The lowest BCUT2D eigenvalue weighted by atomic mass is 9.83. The number of nitrogens with zero attached hydrogens (tertiary/aromatic N) is 2. The molecule has 0 aliphatic heterocycles. The topological polar surface area (TPSA) is 59.2 Å². The zero-order valence-corrected chi connectivity index (χ0v) is 13.8. The van der Waals surface area contributed by atoms with Crippen LogP contribution in [0.5, 0.6) is 5.75 Å². The van der Waals surface area contributed by atoms with Gasteiger partial charge >= 0.3 is 0 Å². The molecule has 0 radical (unpaired) electrons. The van der Waals surface area contributed by atoms with Crippen molar-refractivity contribution >= 4 is 0 Å². The summed E-state index contributed by atoms with van der Waals surface area (Å²) in [7, 11) is 0. The molecule has 0 aliphatic rings. The lowest BCUT2D eigenvalue weighted by molar-refractivity contribution is 0.420. The van der Waals surface area contributed by atoms with Gasteiger partial charge in [0.15, 0.2) is 5.82 Å². The Morgan fingerprint density at radius 2 is 1.65 bits per heavy atom. The minimum absolute atomic E-state index is 0.0684. The van der Waals surface area contributed by atoms with Crippen LogP contribution < -0.4 is 0 Å². The molecule has 1 N–H and O–H groups in total. The highest BCUT2D eigenvalue weighted by Crippen LogP contribution is 2.41. The van der Waals surface area contributed by atoms with Crippen LogP contribution in [0.3, 0.4) is 0 Å². The Balaban J connectivity index is 2.28. The van der Waals surface area contributed by atoms with Gasteiger partial charge in [-0.3, -0.25) is 0 Å². The van der Waals surface area contributed by atoms with E-state index >= 15 is 0 Å². The first-order valence-corrected chi connectivity index (χ1v) is 7.60. The molecule has 3 rings (SSSR count). The summed E-state index contributed by atoms with van der Waals surface area (Å²) in [6.07, 6.45) is 0. The number of aryl methyl sites for hydroxylation is 1. The Morgan fingerprint density at radius 1 is 1.00 bits per heavy atom. The summed E-state index contributed by atoms with van der Waals surface area (Å²) in [5, 5.41) is 14.6. The maximum Gasteiger partial charge on any atom is 0.261 e. The van der Waals surface area contributed by atoms with E-state index in [-0.39, 0.29) is 11.2 Å². The molecule has 118 valence electrons. The SMILES string of the molecule is Cc1noc(-c2cc(C(C)(C)C)cc(-c3ccccc3)c2O)n1. The predicted octanol–water partition coefficient (Wildman–Crippen LogP) is 4.72. The lowest BCUT2D eigenvalue weighted by Gasteiger charge is -2.22. The molecule has 0 atom stereocenters. The minimum atomic E-state index is -0.0684. The third-order valence-electron chi connectivity index (χ3n) is 3.82. The zero-order valence-electron chi connectivity index (χ0n) is 13.8. The molecule has 0 saturated heterocycles. The number of benzene rings is 2. The van der Waals surface area contributed by atoms with Crippen LogP contribution >= 0.6 is 0 Å². The fraction of sp³-hybridized carbons (Fsp3) is 0.263. The smallest absolute Gasteiger partial charge is 0.261 e. The number of aromatic nitrogens is 2. The van der Waals surface area contributed by atoms with Gasteiger partial charge < -0.3 is 9.63 Å². The van der Waals surface area contributed by atoms with Crippen LogP contribution in [-0.4, -0.2) is 15.2 Å². The van der Waals surface area contributed by atoms with Crippen molar-refractivity contribution < 1.29 is 9.63 Å². The van der Waals surface area contributed by atoms with Crippen molar-refractivity contribution in [3.8, 4) is 28.3 Å². The molecule has 0 amide bonds. The normalized spacial score (nSPS) is 11.7. The largest absolute Gasteiger partial charge is 0.506 e. The van der Waals surface area contributed by atoms with Crippen LogP contribution in [0.2, 0.25) is 0 Å². The Morgan fingerprint density at radius 3 is 2.22 bits per heavy atom. The van der Waals surface area contributed by atoms with Gasteiger partial charge in [0.1, 0.15) is 5.75 Å². The van der Waals surface area contributed by atoms with Gasteiger partial charge in [-0.2, -0.15) is 4.98 Å². The van der Waals surface area contributed by atoms with Crippen LogP contribution in [0.1, 0.15) is 32.2 Å². The van der Waals surface area contributed by atoms with E-state index in [1.165, 1.54) is 0 Å². The van der Waals surface area contributed by atoms with Crippen LogP contribution in [0.4, 0.5) is 0 Å². The summed E-state index contributed by atoms with van der Waals surface area (Å²) in [5.74, 6) is 1.04. The van der Waals surface area contributed by atoms with E-state index in [0.717, 1.165) is 16.7 Å². The molecule has 4 nitrogen and oxygen atoms in total. The molecule has 0 spiro atoms. The summed E-state index contributed by atoms with van der Waals surface area (Å²) in [6, 6.07) is 13.8. The van der Waals surface area contributed by atoms with Gasteiger partial charge in [-0.25, -0.2) is 0 Å². The fourth-order valence-corrected chi connectivity index (χ4v) is 2.47. The number of hydrogen-bond donors (Lipinski definition) is 1. The highest BCUT2D eigenvalue weighted by molar-refractivity contribution is 5.80. The maximum absolute atomic E-state index is 10.8. The number of rotatable bonds is 2. The molecule has 0 aliphatic carbocycles. The van der Waals surface area contributed by atoms with Gasteiger partial charge in [0, 0.05) is 5.56 Å². The van der Waals surface area contributed by atoms with Crippen molar-refractivity contribution in [2.45, 2.75) is 33.1 Å².